The maximum Gasteiger partial charge on any atom is 0.411 e. The van der Waals surface area contributed by atoms with Crippen LogP contribution in [0, 0.1) is 11.3 Å². The molecule has 0 spiro atoms. The second-order valence-corrected chi connectivity index (χ2v) is 10.9. The maximum atomic E-state index is 13.0. The average Bonchev–Trinajstić information content (AvgIpc) is 3.34. The second kappa shape index (κ2) is 11.5. The van der Waals surface area contributed by atoms with Gasteiger partial charge >= 0.3 is 5.91 Å². The third-order valence-electron chi connectivity index (χ3n) is 7.06. The highest BCUT2D eigenvalue weighted by molar-refractivity contribution is 7.21. The van der Waals surface area contributed by atoms with Gasteiger partial charge in [0.15, 0.2) is 12.3 Å². The first-order valence-electron chi connectivity index (χ1n) is 13.0. The number of fused-ring (bicyclic) bond motifs is 5. The van der Waals surface area contributed by atoms with Gasteiger partial charge in [0.2, 0.25) is 0 Å². The summed E-state index contributed by atoms with van der Waals surface area (Å²) in [7, 11) is 1.61. The Bertz CT molecular complexity index is 1690. The number of aromatic nitrogens is 1. The second-order valence-electron chi connectivity index (χ2n) is 9.82. The number of methoxy groups -OCH3 is 1. The zero-order chi connectivity index (χ0) is 28.4. The number of nitrogens with one attached hydrogen (secondary N) is 2. The van der Waals surface area contributed by atoms with Gasteiger partial charge in [-0.3, -0.25) is 4.79 Å². The fraction of sp³-hybridized carbons (Fsp3) is 0.258. The molecule has 0 saturated carbocycles. The molecule has 1 unspecified atom stereocenters. The van der Waals surface area contributed by atoms with E-state index in [0.717, 1.165) is 43.5 Å². The summed E-state index contributed by atoms with van der Waals surface area (Å²) in [5.74, 6) is 0.319. The fourth-order valence-corrected chi connectivity index (χ4v) is 5.92. The molecule has 1 atom stereocenters. The van der Waals surface area contributed by atoms with Gasteiger partial charge in [-0.1, -0.05) is 13.5 Å². The minimum atomic E-state index is -0.287. The molecule has 2 aromatic carbocycles. The SMILES string of the molecule is C=CC(=O)[N+](=C)Cc1cc(-c2ccc3c(ccc4sc5c(c43)NCC(C)C(=N)CC5=O)n2)ccc1OCCOC. The minimum absolute atomic E-state index is 0.0154. The van der Waals surface area contributed by atoms with E-state index in [2.05, 4.69) is 18.6 Å². The van der Waals surface area contributed by atoms with E-state index in [4.69, 9.17) is 19.9 Å². The third-order valence-corrected chi connectivity index (χ3v) is 8.25. The molecule has 5 rings (SSSR count). The van der Waals surface area contributed by atoms with Crippen molar-refractivity contribution in [1.29, 1.82) is 5.41 Å². The van der Waals surface area contributed by atoms with E-state index in [9.17, 15) is 9.59 Å². The molecule has 1 amide bonds. The Morgan fingerprint density at radius 1 is 1.25 bits per heavy atom. The van der Waals surface area contributed by atoms with E-state index in [-0.39, 0.29) is 30.6 Å². The molecule has 2 aromatic heterocycles. The highest BCUT2D eigenvalue weighted by Gasteiger charge is 2.26. The highest BCUT2D eigenvalue weighted by Crippen LogP contribution is 2.42. The van der Waals surface area contributed by atoms with Crippen molar-refractivity contribution in [3.05, 3.63) is 65.6 Å². The van der Waals surface area contributed by atoms with Crippen molar-refractivity contribution in [3.8, 4) is 17.0 Å². The first-order chi connectivity index (χ1) is 19.3. The third kappa shape index (κ3) is 5.30. The molecule has 40 heavy (non-hydrogen) atoms. The van der Waals surface area contributed by atoms with Gasteiger partial charge in [0.05, 0.1) is 40.4 Å². The van der Waals surface area contributed by atoms with Crippen LogP contribution < -0.4 is 10.1 Å². The van der Waals surface area contributed by atoms with E-state index in [1.165, 1.54) is 22.0 Å². The Morgan fingerprint density at radius 3 is 2.85 bits per heavy atom. The van der Waals surface area contributed by atoms with Gasteiger partial charge in [-0.25, -0.2) is 9.78 Å². The number of hydrogen-bond acceptors (Lipinski definition) is 8. The molecular formula is C31H31N4O4S+. The fourth-order valence-electron chi connectivity index (χ4n) is 4.78. The largest absolute Gasteiger partial charge is 0.491 e. The van der Waals surface area contributed by atoms with Gasteiger partial charge in [0, 0.05) is 52.4 Å². The zero-order valence-electron chi connectivity index (χ0n) is 22.6. The van der Waals surface area contributed by atoms with Crippen LogP contribution in [0.4, 0.5) is 5.69 Å². The predicted octanol–water partition coefficient (Wildman–Crippen LogP) is 5.72. The van der Waals surface area contributed by atoms with Crippen LogP contribution in [-0.4, -0.2) is 60.5 Å². The van der Waals surface area contributed by atoms with Gasteiger partial charge in [-0.05, 0) is 42.5 Å². The van der Waals surface area contributed by atoms with Crippen molar-refractivity contribution >= 4 is 62.1 Å². The molecule has 8 nitrogen and oxygen atoms in total. The normalized spacial score (nSPS) is 15.3. The molecule has 0 aliphatic carbocycles. The number of amides is 1. The summed E-state index contributed by atoms with van der Waals surface area (Å²) in [6.45, 7) is 11.0. The number of carbonyl (C=O) groups is 2. The number of carbonyl (C=O) groups excluding carboxylic acids is 2. The van der Waals surface area contributed by atoms with Gasteiger partial charge in [-0.15, -0.1) is 11.3 Å². The van der Waals surface area contributed by atoms with Crippen molar-refractivity contribution in [1.82, 2.24) is 4.98 Å². The molecule has 0 radical (unpaired) electrons. The number of benzene rings is 2. The van der Waals surface area contributed by atoms with E-state index in [1.54, 1.807) is 7.11 Å². The predicted molar refractivity (Wildman–Crippen MR) is 161 cm³/mol. The molecule has 204 valence electrons. The molecule has 9 heteroatoms. The Labute approximate surface area is 236 Å². The summed E-state index contributed by atoms with van der Waals surface area (Å²) in [4.78, 5) is 30.8. The average molecular weight is 556 g/mol. The highest BCUT2D eigenvalue weighted by atomic mass is 32.1. The molecule has 2 N–H and O–H groups in total. The van der Waals surface area contributed by atoms with Crippen LogP contribution >= 0.6 is 11.3 Å². The first kappa shape index (κ1) is 27.4. The quantitative estimate of drug-likeness (QED) is 0.125. The number of thiophene rings is 1. The van der Waals surface area contributed by atoms with E-state index in [1.807, 2.05) is 49.4 Å². The number of nitrogens with zero attached hydrogens (tertiary/aromatic N) is 2. The van der Waals surface area contributed by atoms with E-state index >= 15 is 0 Å². The molecule has 1 aliphatic rings. The topological polar surface area (TPSA) is 104 Å². The van der Waals surface area contributed by atoms with Gasteiger partial charge in [0.25, 0.3) is 0 Å². The summed E-state index contributed by atoms with van der Waals surface area (Å²) in [6.07, 6.45) is 1.38. The maximum absolute atomic E-state index is 13.0. The minimum Gasteiger partial charge on any atom is -0.491 e. The molecule has 4 aromatic rings. The van der Waals surface area contributed by atoms with Crippen LogP contribution in [0.1, 0.15) is 28.6 Å². The standard InChI is InChI=1S/C31H30N4O4S/c1-5-28(37)35(3)17-20-14-19(6-10-26(20)39-13-12-38-4)23-8-7-21-24(34-23)9-11-27-29(21)30-31(40-27)25(36)15-22(32)18(2)16-33-30/h5-11,14,18,32H,1,3,12-13,15-17H2,2,4H3/p+1. The molecule has 1 aliphatic heterocycles. The summed E-state index contributed by atoms with van der Waals surface area (Å²) >= 11 is 1.47. The first-order valence-corrected chi connectivity index (χ1v) is 13.8. The summed E-state index contributed by atoms with van der Waals surface area (Å²) in [5.41, 5.74) is 4.54. The van der Waals surface area contributed by atoms with Crippen molar-refractivity contribution in [2.75, 3.05) is 32.2 Å². The molecule has 0 fully saturated rings. The van der Waals surface area contributed by atoms with Crippen molar-refractivity contribution in [2.45, 2.75) is 19.9 Å². The molecule has 0 bridgehead atoms. The lowest BCUT2D eigenvalue weighted by Gasteiger charge is -2.19. The number of pyridine rings is 1. The van der Waals surface area contributed by atoms with E-state index < -0.39 is 0 Å². The van der Waals surface area contributed by atoms with Crippen molar-refractivity contribution in [3.63, 3.8) is 0 Å². The number of hydrogen-bond donors (Lipinski definition) is 2. The van der Waals surface area contributed by atoms with Crippen LogP contribution in [0.3, 0.4) is 0 Å². The Morgan fingerprint density at radius 2 is 2.08 bits per heavy atom. The molecule has 3 heterocycles. The summed E-state index contributed by atoms with van der Waals surface area (Å²) in [5, 5.41) is 13.6. The monoisotopic (exact) mass is 555 g/mol. The zero-order valence-corrected chi connectivity index (χ0v) is 23.4. The van der Waals surface area contributed by atoms with Gasteiger partial charge in [-0.2, -0.15) is 4.58 Å². The smallest absolute Gasteiger partial charge is 0.411 e. The van der Waals surface area contributed by atoms with Crippen LogP contribution in [-0.2, 0) is 16.1 Å². The Hall–Kier alpha value is -4.21. The van der Waals surface area contributed by atoms with Crippen LogP contribution in [0.2, 0.25) is 0 Å². The summed E-state index contributed by atoms with van der Waals surface area (Å²) in [6, 6.07) is 13.8. The van der Waals surface area contributed by atoms with Gasteiger partial charge in [0.1, 0.15) is 19.1 Å². The molecular weight excluding hydrogens is 524 g/mol. The number of ether oxygens (including phenoxy) is 2. The van der Waals surface area contributed by atoms with Crippen LogP contribution in [0.5, 0.6) is 5.75 Å². The van der Waals surface area contributed by atoms with Crippen molar-refractivity contribution in [2.24, 2.45) is 5.92 Å². The lowest BCUT2D eigenvalue weighted by Crippen LogP contribution is -2.25. The van der Waals surface area contributed by atoms with Crippen LogP contribution in [0.25, 0.3) is 32.2 Å². The number of ketones is 1. The lowest BCUT2D eigenvalue weighted by atomic mass is 9.96. The van der Waals surface area contributed by atoms with E-state index in [0.29, 0.717) is 36.1 Å². The summed E-state index contributed by atoms with van der Waals surface area (Å²) < 4.78 is 13.4. The van der Waals surface area contributed by atoms with Gasteiger partial charge < -0.3 is 20.2 Å². The lowest BCUT2D eigenvalue weighted by molar-refractivity contribution is -0.451. The van der Waals surface area contributed by atoms with Crippen molar-refractivity contribution < 1.29 is 23.6 Å². The Balaban J connectivity index is 1.56. The Kier molecular flexibility index (Phi) is 7.86. The van der Waals surface area contributed by atoms with Crippen LogP contribution in [0.15, 0.2) is 55.1 Å². The number of Topliss-reactive ketones (excluding diaryl/α,β-unsaturated/α-hetero) is 1. The number of rotatable bonds is 8. The number of anilines is 1. The molecule has 0 saturated heterocycles.